The summed E-state index contributed by atoms with van der Waals surface area (Å²) in [4.78, 5) is 15.5. The molecule has 6 rings (SSSR count). The van der Waals surface area contributed by atoms with Crippen LogP contribution in [0, 0.1) is 5.82 Å². The first-order chi connectivity index (χ1) is 17.8. The highest BCUT2D eigenvalue weighted by Gasteiger charge is 2.39. The average molecular weight is 521 g/mol. The molecule has 1 aromatic heterocycles. The van der Waals surface area contributed by atoms with E-state index in [9.17, 15) is 17.6 Å². The Morgan fingerprint density at radius 2 is 1.84 bits per heavy atom. The lowest BCUT2D eigenvalue weighted by Gasteiger charge is -2.38. The van der Waals surface area contributed by atoms with Gasteiger partial charge in [-0.1, -0.05) is 6.07 Å². The zero-order valence-corrected chi connectivity index (χ0v) is 20.9. The number of benzene rings is 1. The van der Waals surface area contributed by atoms with Crippen LogP contribution in [0.25, 0.3) is 0 Å². The minimum absolute atomic E-state index is 0.0630. The van der Waals surface area contributed by atoms with Gasteiger partial charge in [0.1, 0.15) is 18.2 Å². The fourth-order valence-corrected chi connectivity index (χ4v) is 6.30. The average Bonchev–Trinajstić information content (AvgIpc) is 3.44. The Morgan fingerprint density at radius 3 is 2.54 bits per heavy atom. The van der Waals surface area contributed by atoms with E-state index >= 15 is 0 Å². The number of nitrogens with one attached hydrogen (secondary N) is 1. The van der Waals surface area contributed by atoms with Crippen LogP contribution in [0.2, 0.25) is 0 Å². The zero-order chi connectivity index (χ0) is 25.7. The molecule has 3 saturated heterocycles. The fourth-order valence-electron chi connectivity index (χ4n) is 6.30. The van der Waals surface area contributed by atoms with Gasteiger partial charge in [0, 0.05) is 43.3 Å². The first-order valence-corrected chi connectivity index (χ1v) is 13.1. The molecule has 4 aliphatic rings. The van der Waals surface area contributed by atoms with Crippen molar-refractivity contribution in [3.8, 4) is 6.01 Å². The third kappa shape index (κ3) is 4.83. The van der Waals surface area contributed by atoms with E-state index in [1.165, 1.54) is 4.90 Å². The minimum Gasteiger partial charge on any atom is -0.462 e. The Labute approximate surface area is 213 Å². The molecule has 11 heteroatoms. The lowest BCUT2D eigenvalue weighted by Crippen LogP contribution is -2.52. The van der Waals surface area contributed by atoms with E-state index in [4.69, 9.17) is 9.72 Å². The van der Waals surface area contributed by atoms with Crippen LogP contribution in [0.3, 0.4) is 0 Å². The SMILES string of the molecule is CN1CCCC1COc1nc2c(c(N3C[C@H]4CC[C@@H](C3)N4)n1)CCN(c1c(F)cccc1C(F)(F)F)C2. The van der Waals surface area contributed by atoms with Gasteiger partial charge >= 0.3 is 12.2 Å². The number of likely N-dealkylation sites (N-methyl/N-ethyl adjacent to an activating group) is 1. The number of ether oxygens (including phenoxy) is 1. The molecule has 7 nitrogen and oxygen atoms in total. The van der Waals surface area contributed by atoms with E-state index in [-0.39, 0.29) is 25.1 Å². The van der Waals surface area contributed by atoms with Crippen molar-refractivity contribution in [3.05, 3.63) is 40.8 Å². The normalized spacial score (nSPS) is 26.0. The smallest absolute Gasteiger partial charge is 0.418 e. The van der Waals surface area contributed by atoms with Crippen LogP contribution >= 0.6 is 0 Å². The summed E-state index contributed by atoms with van der Waals surface area (Å²) in [6, 6.07) is 4.43. The molecule has 5 heterocycles. The van der Waals surface area contributed by atoms with Crippen LogP contribution in [0.5, 0.6) is 6.01 Å². The zero-order valence-electron chi connectivity index (χ0n) is 20.9. The summed E-state index contributed by atoms with van der Waals surface area (Å²) in [5.74, 6) is -0.0746. The molecule has 1 N–H and O–H groups in total. The third-order valence-corrected chi connectivity index (χ3v) is 8.22. The van der Waals surface area contributed by atoms with Crippen LogP contribution < -0.4 is 19.9 Å². The maximum Gasteiger partial charge on any atom is 0.418 e. The van der Waals surface area contributed by atoms with Gasteiger partial charge in [0.15, 0.2) is 0 Å². The highest BCUT2D eigenvalue weighted by atomic mass is 19.4. The molecule has 1 unspecified atom stereocenters. The minimum atomic E-state index is -4.66. The van der Waals surface area contributed by atoms with E-state index in [0.29, 0.717) is 30.8 Å². The Kier molecular flexibility index (Phi) is 6.38. The summed E-state index contributed by atoms with van der Waals surface area (Å²) in [6.07, 6.45) is 0.165. The molecule has 0 radical (unpaired) electrons. The highest BCUT2D eigenvalue weighted by Crippen LogP contribution is 2.40. The van der Waals surface area contributed by atoms with Crippen molar-refractivity contribution in [1.82, 2.24) is 20.2 Å². The highest BCUT2D eigenvalue weighted by molar-refractivity contribution is 5.60. The summed E-state index contributed by atoms with van der Waals surface area (Å²) in [6.45, 7) is 3.43. The first kappa shape index (κ1) is 24.7. The van der Waals surface area contributed by atoms with Gasteiger partial charge in [-0.15, -0.1) is 0 Å². The Balaban J connectivity index is 1.34. The van der Waals surface area contributed by atoms with Crippen LogP contribution in [-0.2, 0) is 19.1 Å². The van der Waals surface area contributed by atoms with Crippen molar-refractivity contribution in [3.63, 3.8) is 0 Å². The van der Waals surface area contributed by atoms with Crippen molar-refractivity contribution < 1.29 is 22.3 Å². The van der Waals surface area contributed by atoms with Gasteiger partial charge in [0.05, 0.1) is 23.5 Å². The molecule has 3 fully saturated rings. The standard InChI is InChI=1S/C26H32F4N6O/c1-34-10-3-4-18(34)15-37-25-32-22-14-35(23-20(26(28,29)30)5-2-6-21(23)27)11-9-19(22)24(33-25)36-12-16-7-8-17(13-36)31-16/h2,5-6,16-18,31H,3-4,7-15H2,1H3/t16-,17+,18?. The lowest BCUT2D eigenvalue weighted by atomic mass is 10.0. The second-order valence-corrected chi connectivity index (χ2v) is 10.7. The summed E-state index contributed by atoms with van der Waals surface area (Å²) in [5.41, 5.74) is 0.141. The predicted octanol–water partition coefficient (Wildman–Crippen LogP) is 3.61. The van der Waals surface area contributed by atoms with E-state index in [2.05, 4.69) is 27.1 Å². The molecular weight excluding hydrogens is 488 g/mol. The summed E-state index contributed by atoms with van der Waals surface area (Å²) < 4.78 is 62.1. The second kappa shape index (κ2) is 9.58. The van der Waals surface area contributed by atoms with Gasteiger partial charge in [0.25, 0.3) is 0 Å². The largest absolute Gasteiger partial charge is 0.462 e. The second-order valence-electron chi connectivity index (χ2n) is 10.7. The lowest BCUT2D eigenvalue weighted by molar-refractivity contribution is -0.137. The molecule has 0 aliphatic carbocycles. The summed E-state index contributed by atoms with van der Waals surface area (Å²) in [7, 11) is 2.07. The molecule has 3 atom stereocenters. The molecular formula is C26H32F4N6O. The number of aromatic nitrogens is 2. The number of hydrogen-bond acceptors (Lipinski definition) is 7. The van der Waals surface area contributed by atoms with Crippen molar-refractivity contribution in [2.45, 2.75) is 63.0 Å². The first-order valence-electron chi connectivity index (χ1n) is 13.1. The van der Waals surface area contributed by atoms with Gasteiger partial charge in [-0.2, -0.15) is 23.1 Å². The molecule has 0 spiro atoms. The molecule has 0 saturated carbocycles. The number of fused-ring (bicyclic) bond motifs is 3. The summed E-state index contributed by atoms with van der Waals surface area (Å²) >= 11 is 0. The number of alkyl halides is 3. The van der Waals surface area contributed by atoms with Gasteiger partial charge in [-0.05, 0) is 57.8 Å². The monoisotopic (exact) mass is 520 g/mol. The van der Waals surface area contributed by atoms with Gasteiger partial charge < -0.3 is 24.8 Å². The molecule has 4 aliphatic heterocycles. The van der Waals surface area contributed by atoms with Crippen LogP contribution in [-0.4, -0.2) is 72.8 Å². The topological polar surface area (TPSA) is 56.8 Å². The van der Waals surface area contributed by atoms with E-state index < -0.39 is 23.2 Å². The fraction of sp³-hybridized carbons (Fsp3) is 0.615. The quantitative estimate of drug-likeness (QED) is 0.605. The van der Waals surface area contributed by atoms with Gasteiger partial charge in [-0.25, -0.2) is 4.39 Å². The molecule has 2 bridgehead atoms. The predicted molar refractivity (Wildman–Crippen MR) is 131 cm³/mol. The van der Waals surface area contributed by atoms with Crippen molar-refractivity contribution in [1.29, 1.82) is 0 Å². The number of para-hydroxylation sites is 1. The molecule has 200 valence electrons. The van der Waals surface area contributed by atoms with Gasteiger partial charge in [0.2, 0.25) is 0 Å². The van der Waals surface area contributed by atoms with Crippen molar-refractivity contribution in [2.75, 3.05) is 49.6 Å². The maximum atomic E-state index is 14.8. The number of likely N-dealkylation sites (tertiary alicyclic amines) is 1. The molecule has 37 heavy (non-hydrogen) atoms. The number of hydrogen-bond donors (Lipinski definition) is 1. The number of nitrogens with zero attached hydrogens (tertiary/aromatic N) is 5. The molecule has 0 amide bonds. The number of anilines is 2. The van der Waals surface area contributed by atoms with E-state index in [1.54, 1.807) is 0 Å². The van der Waals surface area contributed by atoms with E-state index in [0.717, 1.165) is 74.9 Å². The number of piperazine rings is 1. The van der Waals surface area contributed by atoms with E-state index in [1.807, 2.05) is 0 Å². The molecule has 1 aromatic carbocycles. The van der Waals surface area contributed by atoms with Crippen LogP contribution in [0.1, 0.15) is 42.5 Å². The van der Waals surface area contributed by atoms with Gasteiger partial charge in [-0.3, -0.25) is 0 Å². The Hall–Kier alpha value is -2.66. The Morgan fingerprint density at radius 1 is 1.05 bits per heavy atom. The van der Waals surface area contributed by atoms with Crippen LogP contribution in [0.4, 0.5) is 29.1 Å². The maximum absolute atomic E-state index is 14.8. The third-order valence-electron chi connectivity index (χ3n) is 8.22. The number of rotatable bonds is 5. The van der Waals surface area contributed by atoms with Crippen molar-refractivity contribution >= 4 is 11.5 Å². The van der Waals surface area contributed by atoms with Crippen molar-refractivity contribution in [2.24, 2.45) is 0 Å². The summed E-state index contributed by atoms with van der Waals surface area (Å²) in [5, 5.41) is 3.63. The number of halogens is 4. The Bertz CT molecular complexity index is 1150. The van der Waals surface area contributed by atoms with Crippen LogP contribution in [0.15, 0.2) is 18.2 Å². The molecule has 2 aromatic rings.